The first-order chi connectivity index (χ1) is 10.0. The predicted octanol–water partition coefficient (Wildman–Crippen LogP) is 2.61. The number of hydrogen-bond acceptors (Lipinski definition) is 3. The van der Waals surface area contributed by atoms with Gasteiger partial charge in [-0.25, -0.2) is 0 Å². The van der Waals surface area contributed by atoms with Gasteiger partial charge in [-0.1, -0.05) is 30.4 Å². The third-order valence-electron chi connectivity index (χ3n) is 3.14. The predicted molar refractivity (Wildman–Crippen MR) is 88.1 cm³/mol. The average Bonchev–Trinajstić information content (AvgIpc) is 2.53. The molecule has 0 spiro atoms. The molecule has 0 aliphatic rings. The highest BCUT2D eigenvalue weighted by Crippen LogP contribution is 2.19. The Hall–Kier alpha value is -2.40. The maximum Gasteiger partial charge on any atom is 0.258 e. The van der Waals surface area contributed by atoms with E-state index in [2.05, 4.69) is 0 Å². The lowest BCUT2D eigenvalue weighted by atomic mass is 10.1. The van der Waals surface area contributed by atoms with Gasteiger partial charge in [0, 0.05) is 23.9 Å². The van der Waals surface area contributed by atoms with E-state index in [1.807, 2.05) is 18.2 Å². The summed E-state index contributed by atoms with van der Waals surface area (Å²) in [5, 5.41) is 0. The minimum absolute atomic E-state index is 0.131. The van der Waals surface area contributed by atoms with Crippen LogP contribution in [0, 0.1) is 0 Å². The van der Waals surface area contributed by atoms with Gasteiger partial charge in [0.1, 0.15) is 10.7 Å². The molecule has 0 unspecified atom stereocenters. The first-order valence-corrected chi connectivity index (χ1v) is 6.75. The Morgan fingerprint density at radius 1 is 1.14 bits per heavy atom. The summed E-state index contributed by atoms with van der Waals surface area (Å²) < 4.78 is 5.14. The molecule has 0 saturated carbocycles. The maximum atomic E-state index is 12.5. The number of methoxy groups -OCH3 is 1. The Labute approximate surface area is 129 Å². The highest BCUT2D eigenvalue weighted by molar-refractivity contribution is 7.80. The molecule has 0 heterocycles. The highest BCUT2D eigenvalue weighted by atomic mass is 32.1. The normalized spacial score (nSPS) is 10.0. The molecule has 0 fully saturated rings. The standard InChI is InChI=1S/C16H16N2O2S/c1-18(13-7-3-5-11(9-13)15(17)21)16(19)12-6-4-8-14(10-12)20-2/h3-10H,1-2H3,(H2,17,21). The van der Waals surface area contributed by atoms with Crippen LogP contribution in [-0.4, -0.2) is 25.1 Å². The van der Waals surface area contributed by atoms with Gasteiger partial charge < -0.3 is 15.4 Å². The molecule has 4 nitrogen and oxygen atoms in total. The van der Waals surface area contributed by atoms with E-state index in [0.29, 0.717) is 16.3 Å². The number of hydrogen-bond donors (Lipinski definition) is 1. The van der Waals surface area contributed by atoms with E-state index in [-0.39, 0.29) is 5.91 Å². The van der Waals surface area contributed by atoms with E-state index in [0.717, 1.165) is 11.3 Å². The molecule has 2 rings (SSSR count). The van der Waals surface area contributed by atoms with Crippen LogP contribution >= 0.6 is 12.2 Å². The number of thiocarbonyl (C=S) groups is 1. The van der Waals surface area contributed by atoms with Crippen molar-refractivity contribution in [2.75, 3.05) is 19.1 Å². The van der Waals surface area contributed by atoms with Crippen molar-refractivity contribution in [3.8, 4) is 5.75 Å². The topological polar surface area (TPSA) is 55.6 Å². The third-order valence-corrected chi connectivity index (χ3v) is 3.37. The van der Waals surface area contributed by atoms with E-state index in [9.17, 15) is 4.79 Å². The summed E-state index contributed by atoms with van der Waals surface area (Å²) in [6.07, 6.45) is 0. The van der Waals surface area contributed by atoms with Gasteiger partial charge in [0.25, 0.3) is 5.91 Å². The van der Waals surface area contributed by atoms with Crippen LogP contribution in [0.5, 0.6) is 5.75 Å². The summed E-state index contributed by atoms with van der Waals surface area (Å²) in [5.74, 6) is 0.514. The number of carbonyl (C=O) groups is 1. The zero-order valence-electron chi connectivity index (χ0n) is 11.9. The molecule has 108 valence electrons. The number of rotatable bonds is 4. The SMILES string of the molecule is COc1cccc(C(=O)N(C)c2cccc(C(N)=S)c2)c1. The zero-order valence-corrected chi connectivity index (χ0v) is 12.7. The van der Waals surface area contributed by atoms with Crippen LogP contribution in [0.4, 0.5) is 5.69 Å². The van der Waals surface area contributed by atoms with E-state index in [4.69, 9.17) is 22.7 Å². The van der Waals surface area contributed by atoms with Crippen molar-refractivity contribution in [3.63, 3.8) is 0 Å². The number of benzene rings is 2. The lowest BCUT2D eigenvalue weighted by Gasteiger charge is -2.18. The first kappa shape index (κ1) is 15.0. The molecule has 0 atom stereocenters. The Morgan fingerprint density at radius 2 is 1.81 bits per heavy atom. The van der Waals surface area contributed by atoms with Gasteiger partial charge in [-0.3, -0.25) is 4.79 Å². The Bertz CT molecular complexity index is 685. The number of nitrogens with zero attached hydrogens (tertiary/aromatic N) is 1. The van der Waals surface area contributed by atoms with Crippen molar-refractivity contribution in [2.24, 2.45) is 5.73 Å². The molecule has 1 amide bonds. The molecule has 2 N–H and O–H groups in total. The van der Waals surface area contributed by atoms with Gasteiger partial charge in [0.05, 0.1) is 7.11 Å². The van der Waals surface area contributed by atoms with Crippen LogP contribution in [0.3, 0.4) is 0 Å². The number of ether oxygens (including phenoxy) is 1. The molecule has 0 saturated heterocycles. The largest absolute Gasteiger partial charge is 0.497 e. The molecular weight excluding hydrogens is 284 g/mol. The van der Waals surface area contributed by atoms with Gasteiger partial charge in [0.2, 0.25) is 0 Å². The van der Waals surface area contributed by atoms with Gasteiger partial charge in [0.15, 0.2) is 0 Å². The maximum absolute atomic E-state index is 12.5. The number of nitrogens with two attached hydrogens (primary N) is 1. The summed E-state index contributed by atoms with van der Waals surface area (Å²) in [4.78, 5) is 14.4. The molecule has 2 aromatic carbocycles. The molecule has 0 aliphatic heterocycles. The van der Waals surface area contributed by atoms with E-state index >= 15 is 0 Å². The fourth-order valence-corrected chi connectivity index (χ4v) is 2.06. The molecule has 0 aromatic heterocycles. The Balaban J connectivity index is 2.30. The number of amides is 1. The minimum Gasteiger partial charge on any atom is -0.497 e. The van der Waals surface area contributed by atoms with Gasteiger partial charge in [-0.15, -0.1) is 0 Å². The summed E-state index contributed by atoms with van der Waals surface area (Å²) >= 11 is 4.96. The van der Waals surface area contributed by atoms with Crippen LogP contribution in [0.1, 0.15) is 15.9 Å². The molecule has 5 heteroatoms. The lowest BCUT2D eigenvalue weighted by molar-refractivity contribution is 0.0992. The monoisotopic (exact) mass is 300 g/mol. The van der Waals surface area contributed by atoms with Crippen molar-refractivity contribution in [1.29, 1.82) is 0 Å². The van der Waals surface area contributed by atoms with Crippen LogP contribution in [0.2, 0.25) is 0 Å². The van der Waals surface area contributed by atoms with Crippen LogP contribution < -0.4 is 15.4 Å². The van der Waals surface area contributed by atoms with Gasteiger partial charge >= 0.3 is 0 Å². The van der Waals surface area contributed by atoms with Gasteiger partial charge in [-0.05, 0) is 30.3 Å². The minimum atomic E-state index is -0.131. The van der Waals surface area contributed by atoms with Crippen molar-refractivity contribution < 1.29 is 9.53 Å². The fourth-order valence-electron chi connectivity index (χ4n) is 1.93. The summed E-state index contributed by atoms with van der Waals surface area (Å²) in [6, 6.07) is 14.3. The summed E-state index contributed by atoms with van der Waals surface area (Å²) in [5.41, 5.74) is 7.63. The van der Waals surface area contributed by atoms with E-state index in [1.165, 1.54) is 0 Å². The number of anilines is 1. The molecule has 0 radical (unpaired) electrons. The van der Waals surface area contributed by atoms with Crippen LogP contribution in [-0.2, 0) is 0 Å². The van der Waals surface area contributed by atoms with Crippen LogP contribution in [0.25, 0.3) is 0 Å². The second kappa shape index (κ2) is 6.37. The molecule has 2 aromatic rings. The fraction of sp³-hybridized carbons (Fsp3) is 0.125. The van der Waals surface area contributed by atoms with Crippen molar-refractivity contribution in [3.05, 3.63) is 59.7 Å². The quantitative estimate of drug-likeness (QED) is 0.882. The molecular formula is C16H16N2O2S. The van der Waals surface area contributed by atoms with Crippen molar-refractivity contribution in [2.45, 2.75) is 0 Å². The highest BCUT2D eigenvalue weighted by Gasteiger charge is 2.14. The van der Waals surface area contributed by atoms with E-state index < -0.39 is 0 Å². The Morgan fingerprint density at radius 3 is 2.48 bits per heavy atom. The molecule has 0 bridgehead atoms. The van der Waals surface area contributed by atoms with Crippen molar-refractivity contribution >= 4 is 28.8 Å². The van der Waals surface area contributed by atoms with Crippen molar-refractivity contribution in [1.82, 2.24) is 0 Å². The summed E-state index contributed by atoms with van der Waals surface area (Å²) in [7, 11) is 3.28. The molecule has 21 heavy (non-hydrogen) atoms. The molecule has 0 aliphatic carbocycles. The van der Waals surface area contributed by atoms with Crippen LogP contribution in [0.15, 0.2) is 48.5 Å². The Kier molecular flexibility index (Phi) is 4.55. The average molecular weight is 300 g/mol. The number of carbonyl (C=O) groups excluding carboxylic acids is 1. The second-order valence-corrected chi connectivity index (χ2v) is 4.95. The van der Waals surface area contributed by atoms with E-state index in [1.54, 1.807) is 49.4 Å². The smallest absolute Gasteiger partial charge is 0.258 e. The van der Waals surface area contributed by atoms with Gasteiger partial charge in [-0.2, -0.15) is 0 Å². The third kappa shape index (κ3) is 3.38. The zero-order chi connectivity index (χ0) is 15.4. The first-order valence-electron chi connectivity index (χ1n) is 6.35. The summed E-state index contributed by atoms with van der Waals surface area (Å²) in [6.45, 7) is 0. The lowest BCUT2D eigenvalue weighted by Crippen LogP contribution is -2.26. The second-order valence-electron chi connectivity index (χ2n) is 4.51.